The van der Waals surface area contributed by atoms with Gasteiger partial charge >= 0.3 is 0 Å². The molecule has 0 radical (unpaired) electrons. The molecule has 0 bridgehead atoms. The topological polar surface area (TPSA) is 25.8 Å². The van der Waals surface area contributed by atoms with Crippen molar-refractivity contribution in [3.8, 4) is 22.3 Å². The van der Waals surface area contributed by atoms with Crippen LogP contribution in [-0.2, 0) is 0 Å². The van der Waals surface area contributed by atoms with E-state index in [2.05, 4.69) is 116 Å². The third kappa shape index (κ3) is 3.40. The van der Waals surface area contributed by atoms with Gasteiger partial charge in [-0.2, -0.15) is 0 Å². The molecule has 0 aliphatic rings. The molecule has 8 rings (SSSR count). The molecule has 0 N–H and O–H groups in total. The predicted molar refractivity (Wildman–Crippen MR) is 168 cm³/mol. The zero-order valence-corrected chi connectivity index (χ0v) is 22.5. The third-order valence-electron chi connectivity index (χ3n) is 7.98. The van der Waals surface area contributed by atoms with Gasteiger partial charge < -0.3 is 0 Å². The second-order valence-electron chi connectivity index (χ2n) is 10.4. The summed E-state index contributed by atoms with van der Waals surface area (Å²) >= 11 is 1.91. The average molecular weight is 517 g/mol. The lowest BCUT2D eigenvalue weighted by molar-refractivity contribution is 1.31. The largest absolute Gasteiger partial charge is 0.252 e. The SMILES string of the molecule is Cc1cccc2c1sc1c(C)cc(-c3ccc(-c4ccc5c(c4)c4ccccc4c4nccnc54)cc3)cc12. The van der Waals surface area contributed by atoms with Gasteiger partial charge in [-0.25, -0.2) is 0 Å². The zero-order chi connectivity index (χ0) is 26.1. The number of thiophene rings is 1. The van der Waals surface area contributed by atoms with Gasteiger partial charge in [0.05, 0.1) is 11.0 Å². The third-order valence-corrected chi connectivity index (χ3v) is 9.47. The van der Waals surface area contributed by atoms with Crippen molar-refractivity contribution >= 4 is 64.1 Å². The molecule has 8 aromatic rings. The number of hydrogen-bond donors (Lipinski definition) is 0. The van der Waals surface area contributed by atoms with Gasteiger partial charge in [-0.15, -0.1) is 11.3 Å². The molecule has 0 saturated carbocycles. The maximum absolute atomic E-state index is 4.69. The zero-order valence-electron chi connectivity index (χ0n) is 21.7. The van der Waals surface area contributed by atoms with Crippen molar-refractivity contribution in [2.45, 2.75) is 13.8 Å². The van der Waals surface area contributed by atoms with Gasteiger partial charge in [0.25, 0.3) is 0 Å². The Morgan fingerprint density at radius 1 is 0.436 bits per heavy atom. The number of aromatic nitrogens is 2. The average Bonchev–Trinajstić information content (AvgIpc) is 3.38. The van der Waals surface area contributed by atoms with E-state index in [9.17, 15) is 0 Å². The minimum Gasteiger partial charge on any atom is -0.252 e. The number of benzene rings is 6. The monoisotopic (exact) mass is 516 g/mol. The molecule has 2 aromatic heterocycles. The highest BCUT2D eigenvalue weighted by atomic mass is 32.1. The predicted octanol–water partition coefficient (Wildman–Crippen LogP) is 10.3. The van der Waals surface area contributed by atoms with E-state index in [4.69, 9.17) is 4.98 Å². The summed E-state index contributed by atoms with van der Waals surface area (Å²) in [6.45, 7) is 4.44. The molecule has 39 heavy (non-hydrogen) atoms. The molecule has 0 fully saturated rings. The Morgan fingerprint density at radius 3 is 1.79 bits per heavy atom. The number of aryl methyl sites for hydroxylation is 2. The summed E-state index contributed by atoms with van der Waals surface area (Å²) in [5.74, 6) is 0. The van der Waals surface area contributed by atoms with Crippen LogP contribution in [0.15, 0.2) is 109 Å². The molecular formula is C36H24N2S. The van der Waals surface area contributed by atoms with Gasteiger partial charge in [-0.3, -0.25) is 9.97 Å². The van der Waals surface area contributed by atoms with Crippen LogP contribution in [0, 0.1) is 13.8 Å². The van der Waals surface area contributed by atoms with Crippen LogP contribution in [-0.4, -0.2) is 9.97 Å². The molecule has 0 saturated heterocycles. The first-order chi connectivity index (χ1) is 19.2. The van der Waals surface area contributed by atoms with E-state index in [-0.39, 0.29) is 0 Å². The fourth-order valence-electron chi connectivity index (χ4n) is 6.04. The Labute approximate surface area is 230 Å². The van der Waals surface area contributed by atoms with Gasteiger partial charge in [-0.05, 0) is 76.2 Å². The number of nitrogens with zero attached hydrogens (tertiary/aromatic N) is 2. The highest BCUT2D eigenvalue weighted by molar-refractivity contribution is 7.26. The van der Waals surface area contributed by atoms with Crippen LogP contribution >= 0.6 is 11.3 Å². The molecule has 3 heteroatoms. The Kier molecular flexibility index (Phi) is 4.85. The standard InChI is InChI=1S/C36H24N2S/c1-21-6-5-9-30-32-20-26(18-22(2)36(32)39-35(21)30)24-12-10-23(11-13-24)25-14-15-29-31(19-25)27-7-3-4-8-28(27)33-34(29)38-17-16-37-33/h3-20H,1-2H3. The van der Waals surface area contributed by atoms with Crippen molar-refractivity contribution < 1.29 is 0 Å². The van der Waals surface area contributed by atoms with Crippen LogP contribution < -0.4 is 0 Å². The summed E-state index contributed by atoms with van der Waals surface area (Å²) in [4.78, 5) is 9.35. The van der Waals surface area contributed by atoms with Gasteiger partial charge in [0.1, 0.15) is 0 Å². The fraction of sp³-hybridized carbons (Fsp3) is 0.0556. The number of rotatable bonds is 2. The van der Waals surface area contributed by atoms with Gasteiger partial charge in [0.15, 0.2) is 0 Å². The molecular weight excluding hydrogens is 492 g/mol. The first-order valence-corrected chi connectivity index (χ1v) is 14.1. The minimum absolute atomic E-state index is 0.954. The van der Waals surface area contributed by atoms with Crippen LogP contribution in [0.3, 0.4) is 0 Å². The molecule has 0 atom stereocenters. The summed E-state index contributed by atoms with van der Waals surface area (Å²) in [6, 6.07) is 35.5. The Bertz CT molecular complexity index is 2210. The second kappa shape index (κ2) is 8.45. The first-order valence-electron chi connectivity index (χ1n) is 13.2. The van der Waals surface area contributed by atoms with Crippen LogP contribution in [0.4, 0.5) is 0 Å². The van der Waals surface area contributed by atoms with E-state index in [1.165, 1.54) is 64.3 Å². The summed E-state index contributed by atoms with van der Waals surface area (Å²) in [6.07, 6.45) is 3.56. The van der Waals surface area contributed by atoms with Crippen molar-refractivity contribution in [2.24, 2.45) is 0 Å². The quantitative estimate of drug-likeness (QED) is 0.214. The van der Waals surface area contributed by atoms with Crippen molar-refractivity contribution in [1.82, 2.24) is 9.97 Å². The van der Waals surface area contributed by atoms with E-state index in [0.29, 0.717) is 0 Å². The van der Waals surface area contributed by atoms with Crippen LogP contribution in [0.1, 0.15) is 11.1 Å². The second-order valence-corrected chi connectivity index (χ2v) is 11.4. The van der Waals surface area contributed by atoms with Crippen molar-refractivity contribution in [1.29, 1.82) is 0 Å². The molecule has 2 heterocycles. The lowest BCUT2D eigenvalue weighted by Crippen LogP contribution is -1.89. The van der Waals surface area contributed by atoms with Gasteiger partial charge in [0.2, 0.25) is 0 Å². The molecule has 0 amide bonds. The van der Waals surface area contributed by atoms with Crippen molar-refractivity contribution in [2.75, 3.05) is 0 Å². The molecule has 0 aliphatic heterocycles. The van der Waals surface area contributed by atoms with Gasteiger partial charge in [-0.1, -0.05) is 78.9 Å². The highest BCUT2D eigenvalue weighted by Crippen LogP contribution is 2.40. The van der Waals surface area contributed by atoms with Crippen molar-refractivity contribution in [3.05, 3.63) is 121 Å². The van der Waals surface area contributed by atoms with E-state index >= 15 is 0 Å². The molecule has 6 aromatic carbocycles. The maximum Gasteiger partial charge on any atom is 0.0971 e. The highest BCUT2D eigenvalue weighted by Gasteiger charge is 2.13. The fourth-order valence-corrected chi connectivity index (χ4v) is 7.26. The maximum atomic E-state index is 4.69. The van der Waals surface area contributed by atoms with E-state index < -0.39 is 0 Å². The summed E-state index contributed by atoms with van der Waals surface area (Å²) < 4.78 is 2.78. The normalized spacial score (nSPS) is 11.8. The Hall–Kier alpha value is -4.60. The van der Waals surface area contributed by atoms with Crippen LogP contribution in [0.2, 0.25) is 0 Å². The number of fused-ring (bicyclic) bond motifs is 9. The lowest BCUT2D eigenvalue weighted by Gasteiger charge is -2.11. The number of hydrogen-bond acceptors (Lipinski definition) is 3. The smallest absolute Gasteiger partial charge is 0.0971 e. The van der Waals surface area contributed by atoms with Crippen LogP contribution in [0.5, 0.6) is 0 Å². The van der Waals surface area contributed by atoms with Crippen LogP contribution in [0.25, 0.3) is 75.0 Å². The van der Waals surface area contributed by atoms with Crippen molar-refractivity contribution in [3.63, 3.8) is 0 Å². The molecule has 0 aliphatic carbocycles. The summed E-state index contributed by atoms with van der Waals surface area (Å²) in [5.41, 5.74) is 9.51. The molecule has 0 unspecified atom stereocenters. The first kappa shape index (κ1) is 22.4. The lowest BCUT2D eigenvalue weighted by atomic mass is 9.94. The molecule has 2 nitrogen and oxygen atoms in total. The molecule has 0 spiro atoms. The Balaban J connectivity index is 1.25. The van der Waals surface area contributed by atoms with Gasteiger partial charge in [0, 0.05) is 43.3 Å². The molecule has 184 valence electrons. The summed E-state index contributed by atoms with van der Waals surface area (Å²) in [7, 11) is 0. The summed E-state index contributed by atoms with van der Waals surface area (Å²) in [5, 5.41) is 7.41. The minimum atomic E-state index is 0.954. The van der Waals surface area contributed by atoms with E-state index in [1.54, 1.807) is 12.4 Å². The van der Waals surface area contributed by atoms with E-state index in [1.807, 2.05) is 11.3 Å². The van der Waals surface area contributed by atoms with E-state index in [0.717, 1.165) is 21.8 Å². The Morgan fingerprint density at radius 2 is 1.03 bits per heavy atom.